The van der Waals surface area contributed by atoms with Gasteiger partial charge in [-0.15, -0.1) is 0 Å². The van der Waals surface area contributed by atoms with Crippen LogP contribution in [0.25, 0.3) is 0 Å². The molecule has 2 heterocycles. The van der Waals surface area contributed by atoms with Crippen molar-refractivity contribution in [3.63, 3.8) is 0 Å². The molecule has 0 amide bonds. The van der Waals surface area contributed by atoms with Crippen molar-refractivity contribution >= 4 is 5.97 Å². The molecule has 1 aromatic rings. The highest BCUT2D eigenvalue weighted by Crippen LogP contribution is 2.44. The van der Waals surface area contributed by atoms with Crippen molar-refractivity contribution in [1.82, 2.24) is 4.90 Å². The highest BCUT2D eigenvalue weighted by molar-refractivity contribution is 5.76. The van der Waals surface area contributed by atoms with Gasteiger partial charge in [0.2, 0.25) is 0 Å². The van der Waals surface area contributed by atoms with E-state index in [0.29, 0.717) is 0 Å². The minimum Gasteiger partial charge on any atom is -0.493 e. The van der Waals surface area contributed by atoms with Crippen LogP contribution in [0, 0.1) is 17.7 Å². The average Bonchev–Trinajstić information content (AvgIpc) is 2.93. The van der Waals surface area contributed by atoms with Gasteiger partial charge in [0.15, 0.2) is 11.5 Å². The quantitative estimate of drug-likeness (QED) is 0.655. The first kappa shape index (κ1) is 7.96. The molecule has 3 unspecified atom stereocenters. The molecule has 30 heavy (non-hydrogen) atoms. The van der Waals surface area contributed by atoms with E-state index in [0.717, 1.165) is 12.0 Å². The second-order valence-electron chi connectivity index (χ2n) is 6.71. The Morgan fingerprint density at radius 1 is 1.37 bits per heavy atom. The Morgan fingerprint density at radius 3 is 2.77 bits per heavy atom. The summed E-state index contributed by atoms with van der Waals surface area (Å²) < 4.78 is 189. The summed E-state index contributed by atoms with van der Waals surface area (Å²) in [5, 5.41) is 0. The predicted molar refractivity (Wildman–Crippen MR) is 118 cm³/mol. The molecular weight excluding hydrogens is 380 g/mol. The second-order valence-corrected chi connectivity index (χ2v) is 6.71. The van der Waals surface area contributed by atoms with Gasteiger partial charge in [0.25, 0.3) is 0 Å². The van der Waals surface area contributed by atoms with Crippen molar-refractivity contribution in [2.75, 3.05) is 27.3 Å². The summed E-state index contributed by atoms with van der Waals surface area (Å²) in [6, 6.07) is -7.56. The predicted octanol–water partition coefficient (Wildman–Crippen LogP) is 3.56. The van der Waals surface area contributed by atoms with E-state index in [9.17, 15) is 7.54 Å². The molecule has 2 aliphatic rings. The molecule has 0 spiro atoms. The first-order chi connectivity index (χ1) is 22.5. The SMILES string of the molecule is [2H]c1c2c(c([2H])c(OC)c1OC)C1([2H])CC([2H])(OC(=O)[C@@]([2H])(N)C([2H])(C([2H])([2H])[2H])C([2H])([2H])[2H])C(C([2H])([2H])C([2H])(C([2H])([2H])[2H])C([2H])([2H])[2H])CN1CC2. The maximum absolute atomic E-state index is 13.8. The van der Waals surface area contributed by atoms with E-state index >= 15 is 0 Å². The molecule has 1 aromatic carbocycles. The van der Waals surface area contributed by atoms with Gasteiger partial charge in [-0.3, -0.25) is 9.69 Å². The van der Waals surface area contributed by atoms with Crippen molar-refractivity contribution in [2.24, 2.45) is 23.4 Å². The molecule has 3 rings (SSSR count). The number of piperidine rings is 1. The molecule has 2 N–H and O–H groups in total. The Hall–Kier alpha value is -1.79. The largest absolute Gasteiger partial charge is 0.493 e. The first-order valence-corrected chi connectivity index (χ1v) is 9.03. The number of hydrogen-bond donors (Lipinski definition) is 1. The van der Waals surface area contributed by atoms with Gasteiger partial charge in [-0.2, -0.15) is 0 Å². The summed E-state index contributed by atoms with van der Waals surface area (Å²) in [6.07, 6.45) is -8.91. The molecule has 0 saturated carbocycles. The van der Waals surface area contributed by atoms with Crippen molar-refractivity contribution < 1.29 is 47.8 Å². The summed E-state index contributed by atoms with van der Waals surface area (Å²) in [5.74, 6) is -13.8. The topological polar surface area (TPSA) is 74.0 Å². The van der Waals surface area contributed by atoms with Gasteiger partial charge in [0.1, 0.15) is 12.1 Å². The molecule has 0 bridgehead atoms. The van der Waals surface area contributed by atoms with Gasteiger partial charge >= 0.3 is 5.97 Å². The lowest BCUT2D eigenvalue weighted by Gasteiger charge is -2.47. The van der Waals surface area contributed by atoms with Crippen LogP contribution in [0.3, 0.4) is 0 Å². The highest BCUT2D eigenvalue weighted by Gasteiger charge is 2.41. The number of rotatable bonds is 7. The first-order valence-electron chi connectivity index (χ1n) is 19.5. The van der Waals surface area contributed by atoms with E-state index in [-0.39, 0.29) is 41.6 Å². The normalized spacial score (nSPS) is 44.0. The van der Waals surface area contributed by atoms with E-state index in [1.165, 1.54) is 7.11 Å². The number of ether oxygens (including phenoxy) is 3. The Kier molecular flexibility index (Phi) is 2.54. The smallest absolute Gasteiger partial charge is 0.323 e. The van der Waals surface area contributed by atoms with Crippen molar-refractivity contribution in [2.45, 2.75) is 64.7 Å². The molecule has 1 saturated heterocycles. The van der Waals surface area contributed by atoms with E-state index in [1.807, 2.05) is 0 Å². The highest BCUT2D eigenvalue weighted by atomic mass is 16.5. The monoisotopic (exact) mass is 439 g/mol. The van der Waals surface area contributed by atoms with E-state index in [1.54, 1.807) is 0 Å². The zero-order valence-corrected chi connectivity index (χ0v) is 16.6. The maximum atomic E-state index is 13.8. The lowest BCUT2D eigenvalue weighted by molar-refractivity contribution is -0.160. The number of nitrogens with zero attached hydrogens (tertiary/aromatic N) is 1. The molecule has 2 aliphatic heterocycles. The molecule has 4 atom stereocenters. The van der Waals surface area contributed by atoms with Crippen LogP contribution in [-0.4, -0.2) is 50.3 Å². The van der Waals surface area contributed by atoms with Gasteiger partial charge in [0, 0.05) is 53.4 Å². The number of nitrogens with two attached hydrogens (primary N) is 1. The number of esters is 1. The second kappa shape index (κ2) is 9.56. The van der Waals surface area contributed by atoms with E-state index < -0.39 is 94.6 Å². The van der Waals surface area contributed by atoms with E-state index in [2.05, 4.69) is 0 Å². The molecule has 0 radical (unpaired) electrons. The number of benzene rings is 1. The van der Waals surface area contributed by atoms with Crippen LogP contribution >= 0.6 is 0 Å². The van der Waals surface area contributed by atoms with Gasteiger partial charge < -0.3 is 19.9 Å². The van der Waals surface area contributed by atoms with Crippen LogP contribution in [0.15, 0.2) is 12.1 Å². The standard InChI is InChI=1S/C24H38N2O4/c1-14(2)9-17-13-26-8-7-16-10-21(28-5)22(29-6)11-18(16)19(26)12-20(17)30-24(27)23(25)15(3)4/h10-11,14-15,17,19-20,23H,7-9,12-13,25H2,1-6H3/t17?,19?,20?,23-/m0/s1/i1D3,2D3,3D3,4D3,9D2,10D,11D,14D,15D,19D,20D,23D. The summed E-state index contributed by atoms with van der Waals surface area (Å²) in [5.41, 5.74) is 5.32. The third-order valence-electron chi connectivity index (χ3n) is 4.89. The molecule has 168 valence electrons. The summed E-state index contributed by atoms with van der Waals surface area (Å²) in [6.45, 7) is -17.3. The fourth-order valence-corrected chi connectivity index (χ4v) is 3.46. The van der Waals surface area contributed by atoms with Crippen LogP contribution in [0.1, 0.15) is 86.1 Å². The molecule has 0 aromatic heterocycles. The molecule has 6 nitrogen and oxygen atoms in total. The zero-order valence-electron chi connectivity index (χ0n) is 37.6. The van der Waals surface area contributed by atoms with Crippen LogP contribution in [0.2, 0.25) is 0 Å². The lowest BCUT2D eigenvalue weighted by Crippen LogP contribution is -2.51. The molecule has 1 fully saturated rings. The van der Waals surface area contributed by atoms with Crippen LogP contribution in [0.4, 0.5) is 0 Å². The maximum Gasteiger partial charge on any atom is 0.323 e. The number of hydrogen-bond acceptors (Lipinski definition) is 6. The Labute approximate surface area is 210 Å². The Bertz CT molecular complexity index is 1510. The zero-order chi connectivity index (χ0) is 40.1. The third kappa shape index (κ3) is 4.75. The number of methoxy groups -OCH3 is 2. The van der Waals surface area contributed by atoms with Crippen LogP contribution in [0.5, 0.6) is 11.5 Å². The Morgan fingerprint density at radius 2 is 2.10 bits per heavy atom. The number of fused-ring (bicyclic) bond motifs is 3. The minimum atomic E-state index is -4.18. The Balaban J connectivity index is 2.42. The third-order valence-corrected chi connectivity index (χ3v) is 4.89. The van der Waals surface area contributed by atoms with Crippen LogP contribution < -0.4 is 15.2 Å². The van der Waals surface area contributed by atoms with Gasteiger partial charge in [-0.05, 0) is 47.8 Å². The van der Waals surface area contributed by atoms with E-state index in [4.69, 9.17) is 46.0 Å². The summed E-state index contributed by atoms with van der Waals surface area (Å²) in [4.78, 5) is 14.8. The van der Waals surface area contributed by atoms with Crippen LogP contribution in [-0.2, 0) is 16.0 Å². The lowest BCUT2D eigenvalue weighted by atomic mass is 9.79. The molecular formula is C24H38N2O4. The van der Waals surface area contributed by atoms with Gasteiger partial charge in [-0.25, -0.2) is 0 Å². The summed E-state index contributed by atoms with van der Waals surface area (Å²) in [7, 11) is 2.30. The average molecular weight is 440 g/mol. The molecule has 0 aliphatic carbocycles. The van der Waals surface area contributed by atoms with Crippen molar-refractivity contribution in [1.29, 1.82) is 0 Å². The minimum absolute atomic E-state index is 0.00232. The fourth-order valence-electron chi connectivity index (χ4n) is 3.46. The van der Waals surface area contributed by atoms with Crippen molar-refractivity contribution in [3.8, 4) is 11.5 Å². The van der Waals surface area contributed by atoms with Gasteiger partial charge in [-0.1, -0.05) is 27.4 Å². The van der Waals surface area contributed by atoms with Gasteiger partial charge in [0.05, 0.1) is 21.1 Å². The summed E-state index contributed by atoms with van der Waals surface area (Å²) >= 11 is 0. The number of carbonyl (C=O) groups is 1. The molecule has 6 heteroatoms. The van der Waals surface area contributed by atoms with Crippen molar-refractivity contribution in [3.05, 3.63) is 23.2 Å². The number of carbonyl (C=O) groups excluding carboxylic acids is 1. The fraction of sp³-hybridized carbons (Fsp3) is 0.708.